The summed E-state index contributed by atoms with van der Waals surface area (Å²) in [6, 6.07) is 7.75. The van der Waals surface area contributed by atoms with Crippen molar-refractivity contribution in [3.8, 4) is 0 Å². The molecule has 0 saturated carbocycles. The van der Waals surface area contributed by atoms with Crippen molar-refractivity contribution in [1.82, 2.24) is 9.47 Å². The summed E-state index contributed by atoms with van der Waals surface area (Å²) in [6.07, 6.45) is 0.332. The molecule has 0 radical (unpaired) electrons. The first-order valence-electron chi connectivity index (χ1n) is 7.80. The summed E-state index contributed by atoms with van der Waals surface area (Å²) in [5.41, 5.74) is 13.5. The second-order valence-corrected chi connectivity index (χ2v) is 6.21. The van der Waals surface area contributed by atoms with Gasteiger partial charge in [0.1, 0.15) is 6.54 Å². The number of nitrogens with zero attached hydrogens (tertiary/aromatic N) is 2. The number of benzene rings is 1. The molecule has 3 rings (SSSR count). The zero-order chi connectivity index (χ0) is 17.4. The van der Waals surface area contributed by atoms with Crippen molar-refractivity contribution >= 4 is 28.6 Å². The molecule has 1 aromatic heterocycles. The molecule has 1 aliphatic heterocycles. The Labute approximate surface area is 139 Å². The van der Waals surface area contributed by atoms with Crippen LogP contribution in [0.25, 0.3) is 10.9 Å². The van der Waals surface area contributed by atoms with Gasteiger partial charge < -0.3 is 20.9 Å². The van der Waals surface area contributed by atoms with E-state index in [0.29, 0.717) is 13.0 Å². The standard InChI is InChI=1S/C17H20N4O3/c1-10-17(11-6-16(24)20(7-11)8-14(18)22)12-4-2-3-5-13(12)21(10)9-15(19)23/h2-5,11H,6-9H2,1H3,(H2,18,22)(H2,19,23). The molecule has 24 heavy (non-hydrogen) atoms. The molecule has 0 spiro atoms. The van der Waals surface area contributed by atoms with Crippen LogP contribution >= 0.6 is 0 Å². The van der Waals surface area contributed by atoms with Crippen molar-refractivity contribution in [2.45, 2.75) is 25.8 Å². The molecule has 1 unspecified atom stereocenters. The van der Waals surface area contributed by atoms with Crippen LogP contribution in [-0.2, 0) is 20.9 Å². The summed E-state index contributed by atoms with van der Waals surface area (Å²) in [6.45, 7) is 2.42. The Morgan fingerprint density at radius 1 is 1.17 bits per heavy atom. The molecule has 1 aliphatic rings. The number of hydrogen-bond acceptors (Lipinski definition) is 3. The number of rotatable bonds is 5. The van der Waals surface area contributed by atoms with E-state index in [9.17, 15) is 14.4 Å². The number of fused-ring (bicyclic) bond motifs is 1. The average Bonchev–Trinajstić information content (AvgIpc) is 2.97. The first-order valence-corrected chi connectivity index (χ1v) is 7.80. The zero-order valence-corrected chi connectivity index (χ0v) is 13.5. The van der Waals surface area contributed by atoms with Gasteiger partial charge in [-0.25, -0.2) is 0 Å². The molecular formula is C17H20N4O3. The van der Waals surface area contributed by atoms with E-state index in [1.165, 1.54) is 4.90 Å². The topological polar surface area (TPSA) is 111 Å². The number of nitrogens with two attached hydrogens (primary N) is 2. The summed E-state index contributed by atoms with van der Waals surface area (Å²) in [5, 5.41) is 1.01. The molecule has 0 bridgehead atoms. The Balaban J connectivity index is 2.04. The molecule has 1 fully saturated rings. The van der Waals surface area contributed by atoms with Crippen LogP contribution in [0.15, 0.2) is 24.3 Å². The number of amides is 3. The Morgan fingerprint density at radius 3 is 2.50 bits per heavy atom. The number of likely N-dealkylation sites (tertiary alicyclic amines) is 1. The minimum atomic E-state index is -0.517. The molecule has 7 nitrogen and oxygen atoms in total. The van der Waals surface area contributed by atoms with Gasteiger partial charge in [0.25, 0.3) is 0 Å². The highest BCUT2D eigenvalue weighted by molar-refractivity contribution is 5.91. The van der Waals surface area contributed by atoms with Crippen LogP contribution in [0.4, 0.5) is 0 Å². The van der Waals surface area contributed by atoms with Gasteiger partial charge in [0, 0.05) is 35.5 Å². The van der Waals surface area contributed by atoms with Gasteiger partial charge in [-0.3, -0.25) is 14.4 Å². The van der Waals surface area contributed by atoms with Gasteiger partial charge in [-0.2, -0.15) is 0 Å². The largest absolute Gasteiger partial charge is 0.368 e. The predicted molar refractivity (Wildman–Crippen MR) is 89.0 cm³/mol. The van der Waals surface area contributed by atoms with Crippen LogP contribution in [-0.4, -0.2) is 40.3 Å². The fourth-order valence-corrected chi connectivity index (χ4v) is 3.64. The van der Waals surface area contributed by atoms with E-state index in [2.05, 4.69) is 0 Å². The lowest BCUT2D eigenvalue weighted by atomic mass is 9.95. The molecule has 126 valence electrons. The molecule has 2 aromatic rings. The van der Waals surface area contributed by atoms with Crippen LogP contribution in [0.5, 0.6) is 0 Å². The molecular weight excluding hydrogens is 308 g/mol. The number of hydrogen-bond donors (Lipinski definition) is 2. The van der Waals surface area contributed by atoms with Gasteiger partial charge in [0.2, 0.25) is 17.7 Å². The maximum Gasteiger partial charge on any atom is 0.237 e. The summed E-state index contributed by atoms with van der Waals surface area (Å²) < 4.78 is 1.88. The first-order chi connectivity index (χ1) is 11.4. The maximum atomic E-state index is 12.2. The molecule has 4 N–H and O–H groups in total. The van der Waals surface area contributed by atoms with Crippen LogP contribution in [0.3, 0.4) is 0 Å². The van der Waals surface area contributed by atoms with Crippen LogP contribution < -0.4 is 11.5 Å². The smallest absolute Gasteiger partial charge is 0.237 e. The second-order valence-electron chi connectivity index (χ2n) is 6.21. The molecule has 1 atom stereocenters. The van der Waals surface area contributed by atoms with Crippen molar-refractivity contribution in [1.29, 1.82) is 0 Å². The zero-order valence-electron chi connectivity index (χ0n) is 13.5. The third-order valence-electron chi connectivity index (χ3n) is 4.56. The lowest BCUT2D eigenvalue weighted by Gasteiger charge is -2.15. The lowest BCUT2D eigenvalue weighted by Crippen LogP contribution is -2.34. The first kappa shape index (κ1) is 16.0. The Kier molecular flexibility index (Phi) is 4.01. The maximum absolute atomic E-state index is 12.2. The van der Waals surface area contributed by atoms with Gasteiger partial charge >= 0.3 is 0 Å². The number of aromatic nitrogens is 1. The van der Waals surface area contributed by atoms with Crippen molar-refractivity contribution in [3.63, 3.8) is 0 Å². The summed E-state index contributed by atoms with van der Waals surface area (Å²) >= 11 is 0. The van der Waals surface area contributed by atoms with Crippen LogP contribution in [0.1, 0.15) is 23.6 Å². The van der Waals surface area contributed by atoms with Gasteiger partial charge in [-0.1, -0.05) is 18.2 Å². The molecule has 1 saturated heterocycles. The van der Waals surface area contributed by atoms with Gasteiger partial charge in [0.05, 0.1) is 6.54 Å². The lowest BCUT2D eigenvalue weighted by molar-refractivity contribution is -0.132. The normalized spacial score (nSPS) is 17.6. The van der Waals surface area contributed by atoms with Gasteiger partial charge in [0.15, 0.2) is 0 Å². The van der Waals surface area contributed by atoms with E-state index in [-0.39, 0.29) is 24.9 Å². The van der Waals surface area contributed by atoms with E-state index in [1.54, 1.807) is 0 Å². The molecule has 2 heterocycles. The fraction of sp³-hybridized carbons (Fsp3) is 0.353. The molecule has 1 aromatic carbocycles. The number of para-hydroxylation sites is 1. The van der Waals surface area contributed by atoms with Crippen LogP contribution in [0.2, 0.25) is 0 Å². The average molecular weight is 328 g/mol. The van der Waals surface area contributed by atoms with Crippen molar-refractivity contribution < 1.29 is 14.4 Å². The highest BCUT2D eigenvalue weighted by Crippen LogP contribution is 2.37. The summed E-state index contributed by atoms with van der Waals surface area (Å²) in [5.74, 6) is -1.04. The van der Waals surface area contributed by atoms with E-state index in [1.807, 2.05) is 35.8 Å². The molecule has 0 aliphatic carbocycles. The molecule has 7 heteroatoms. The predicted octanol–water partition coefficient (Wildman–Crippen LogP) is 0.236. The highest BCUT2D eigenvalue weighted by Gasteiger charge is 2.34. The van der Waals surface area contributed by atoms with Crippen molar-refractivity contribution in [2.24, 2.45) is 11.5 Å². The quantitative estimate of drug-likeness (QED) is 0.819. The minimum absolute atomic E-state index is 0.0316. The van der Waals surface area contributed by atoms with Crippen LogP contribution in [0, 0.1) is 6.92 Å². The van der Waals surface area contributed by atoms with Gasteiger partial charge in [-0.05, 0) is 18.6 Å². The third kappa shape index (κ3) is 2.73. The van der Waals surface area contributed by atoms with E-state index >= 15 is 0 Å². The van der Waals surface area contributed by atoms with E-state index < -0.39 is 11.8 Å². The second kappa shape index (κ2) is 5.99. The Morgan fingerprint density at radius 2 is 1.83 bits per heavy atom. The third-order valence-corrected chi connectivity index (χ3v) is 4.56. The Bertz CT molecular complexity index is 840. The number of carbonyl (C=O) groups excluding carboxylic acids is 3. The minimum Gasteiger partial charge on any atom is -0.368 e. The van der Waals surface area contributed by atoms with E-state index in [0.717, 1.165) is 22.2 Å². The number of primary amides is 2. The Hall–Kier alpha value is -2.83. The van der Waals surface area contributed by atoms with Crippen molar-refractivity contribution in [2.75, 3.05) is 13.1 Å². The monoisotopic (exact) mass is 328 g/mol. The SMILES string of the molecule is Cc1c(C2CC(=O)N(CC(N)=O)C2)c2ccccc2n1CC(N)=O. The summed E-state index contributed by atoms with van der Waals surface area (Å²) in [4.78, 5) is 36.2. The van der Waals surface area contributed by atoms with Gasteiger partial charge in [-0.15, -0.1) is 0 Å². The fourth-order valence-electron chi connectivity index (χ4n) is 3.64. The van der Waals surface area contributed by atoms with Crippen molar-refractivity contribution in [3.05, 3.63) is 35.5 Å². The number of carbonyl (C=O) groups is 3. The highest BCUT2D eigenvalue weighted by atomic mass is 16.2. The summed E-state index contributed by atoms with van der Waals surface area (Å²) in [7, 11) is 0. The van der Waals surface area contributed by atoms with E-state index in [4.69, 9.17) is 11.5 Å². The molecule has 3 amide bonds.